The van der Waals surface area contributed by atoms with E-state index in [2.05, 4.69) is 11.4 Å². The Kier molecular flexibility index (Phi) is 4.51. The van der Waals surface area contributed by atoms with E-state index in [9.17, 15) is 4.79 Å². The Morgan fingerprint density at radius 2 is 1.83 bits per heavy atom. The van der Waals surface area contributed by atoms with Crippen LogP contribution in [-0.2, 0) is 17.8 Å². The van der Waals surface area contributed by atoms with Crippen LogP contribution in [0.5, 0.6) is 11.5 Å². The molecule has 0 radical (unpaired) electrons. The topological polar surface area (TPSA) is 47.6 Å². The van der Waals surface area contributed by atoms with Crippen molar-refractivity contribution in [2.75, 3.05) is 13.2 Å². The Bertz CT molecular complexity index is 725. The van der Waals surface area contributed by atoms with Gasteiger partial charge in [0.25, 0.3) is 0 Å². The van der Waals surface area contributed by atoms with Crippen molar-refractivity contribution in [3.05, 3.63) is 58.7 Å². The molecule has 0 saturated carbocycles. The Morgan fingerprint density at radius 1 is 1.09 bits per heavy atom. The first-order chi connectivity index (χ1) is 11.1. The average molecular weight is 311 g/mol. The number of nitrogens with one attached hydrogen (secondary N) is 1. The number of carbonyl (C=O) groups excluding carboxylic acids is 1. The van der Waals surface area contributed by atoms with E-state index in [4.69, 9.17) is 9.47 Å². The van der Waals surface area contributed by atoms with Gasteiger partial charge in [-0.05, 0) is 42.7 Å². The fraction of sp³-hybridized carbons (Fsp3) is 0.316. The van der Waals surface area contributed by atoms with Crippen LogP contribution in [0, 0.1) is 13.8 Å². The number of fused-ring (bicyclic) bond motifs is 1. The molecule has 0 atom stereocenters. The van der Waals surface area contributed by atoms with Crippen LogP contribution >= 0.6 is 0 Å². The molecule has 23 heavy (non-hydrogen) atoms. The second-order valence-corrected chi connectivity index (χ2v) is 5.86. The largest absolute Gasteiger partial charge is 0.486 e. The lowest BCUT2D eigenvalue weighted by molar-refractivity contribution is -0.120. The zero-order valence-corrected chi connectivity index (χ0v) is 13.5. The third-order valence-corrected chi connectivity index (χ3v) is 3.92. The highest BCUT2D eigenvalue weighted by molar-refractivity contribution is 5.79. The lowest BCUT2D eigenvalue weighted by atomic mass is 10.0. The normalized spacial score (nSPS) is 12.8. The third kappa shape index (κ3) is 3.83. The maximum absolute atomic E-state index is 12.2. The molecule has 1 aliphatic heterocycles. The number of aryl methyl sites for hydroxylation is 2. The molecule has 0 aliphatic carbocycles. The molecular formula is C19H21NO3. The minimum Gasteiger partial charge on any atom is -0.486 e. The Balaban J connectivity index is 1.63. The van der Waals surface area contributed by atoms with Gasteiger partial charge in [0.1, 0.15) is 13.2 Å². The first-order valence-electron chi connectivity index (χ1n) is 7.83. The first-order valence-corrected chi connectivity index (χ1v) is 7.83. The van der Waals surface area contributed by atoms with E-state index in [-0.39, 0.29) is 5.91 Å². The monoisotopic (exact) mass is 311 g/mol. The summed E-state index contributed by atoms with van der Waals surface area (Å²) in [6.45, 7) is 5.70. The Labute approximate surface area is 136 Å². The standard InChI is InChI=1S/C19H21NO3/c1-13-4-3-5-15(8-13)12-20-19(21)11-16-10-18-17(9-14(16)2)22-6-7-23-18/h3-5,8-10H,6-7,11-12H2,1-2H3,(H,20,21). The van der Waals surface area contributed by atoms with Gasteiger partial charge in [-0.3, -0.25) is 4.79 Å². The molecule has 0 saturated heterocycles. The number of carbonyl (C=O) groups is 1. The molecule has 0 fully saturated rings. The number of ether oxygens (including phenoxy) is 2. The van der Waals surface area contributed by atoms with E-state index in [1.807, 2.05) is 44.2 Å². The summed E-state index contributed by atoms with van der Waals surface area (Å²) in [5.41, 5.74) is 4.31. The van der Waals surface area contributed by atoms with E-state index >= 15 is 0 Å². The SMILES string of the molecule is Cc1cccc(CNC(=O)Cc2cc3c(cc2C)OCCO3)c1. The predicted octanol–water partition coefficient (Wildman–Crippen LogP) is 2.93. The highest BCUT2D eigenvalue weighted by Crippen LogP contribution is 2.33. The Morgan fingerprint density at radius 3 is 2.57 bits per heavy atom. The minimum absolute atomic E-state index is 0.00582. The van der Waals surface area contributed by atoms with Gasteiger partial charge in [-0.1, -0.05) is 29.8 Å². The molecule has 3 rings (SSSR count). The maximum Gasteiger partial charge on any atom is 0.224 e. The first kappa shape index (κ1) is 15.4. The van der Waals surface area contributed by atoms with Crippen LogP contribution in [0.1, 0.15) is 22.3 Å². The molecule has 0 spiro atoms. The van der Waals surface area contributed by atoms with Crippen LogP contribution in [-0.4, -0.2) is 19.1 Å². The smallest absolute Gasteiger partial charge is 0.224 e. The summed E-state index contributed by atoms with van der Waals surface area (Å²) in [6, 6.07) is 12.0. The van der Waals surface area contributed by atoms with Crippen LogP contribution in [0.15, 0.2) is 36.4 Å². The lowest BCUT2D eigenvalue weighted by Crippen LogP contribution is -2.25. The molecule has 1 heterocycles. The van der Waals surface area contributed by atoms with Gasteiger partial charge in [-0.2, -0.15) is 0 Å². The number of rotatable bonds is 4. The van der Waals surface area contributed by atoms with Crippen molar-refractivity contribution in [2.45, 2.75) is 26.8 Å². The summed E-state index contributed by atoms with van der Waals surface area (Å²) < 4.78 is 11.1. The third-order valence-electron chi connectivity index (χ3n) is 3.92. The van der Waals surface area contributed by atoms with Crippen LogP contribution in [0.25, 0.3) is 0 Å². The molecule has 1 N–H and O–H groups in total. The van der Waals surface area contributed by atoms with Gasteiger partial charge in [0.05, 0.1) is 6.42 Å². The van der Waals surface area contributed by atoms with E-state index in [0.717, 1.165) is 28.2 Å². The van der Waals surface area contributed by atoms with Crippen molar-refractivity contribution in [1.82, 2.24) is 5.32 Å². The van der Waals surface area contributed by atoms with Crippen molar-refractivity contribution in [3.8, 4) is 11.5 Å². The van der Waals surface area contributed by atoms with E-state index < -0.39 is 0 Å². The highest BCUT2D eigenvalue weighted by Gasteiger charge is 2.15. The van der Waals surface area contributed by atoms with Gasteiger partial charge in [0, 0.05) is 6.54 Å². The fourth-order valence-corrected chi connectivity index (χ4v) is 2.68. The second-order valence-electron chi connectivity index (χ2n) is 5.86. The summed E-state index contributed by atoms with van der Waals surface area (Å²) in [5, 5.41) is 2.97. The zero-order valence-electron chi connectivity index (χ0n) is 13.5. The van der Waals surface area contributed by atoms with Gasteiger partial charge < -0.3 is 14.8 Å². The molecule has 0 aromatic heterocycles. The zero-order chi connectivity index (χ0) is 16.2. The molecule has 2 aromatic carbocycles. The molecule has 0 unspecified atom stereocenters. The van der Waals surface area contributed by atoms with Crippen molar-refractivity contribution in [3.63, 3.8) is 0 Å². The summed E-state index contributed by atoms with van der Waals surface area (Å²) >= 11 is 0. The minimum atomic E-state index is 0.00582. The number of hydrogen-bond donors (Lipinski definition) is 1. The van der Waals surface area contributed by atoms with Crippen LogP contribution in [0.3, 0.4) is 0 Å². The van der Waals surface area contributed by atoms with Crippen molar-refractivity contribution < 1.29 is 14.3 Å². The summed E-state index contributed by atoms with van der Waals surface area (Å²) in [6.07, 6.45) is 0.342. The van der Waals surface area contributed by atoms with E-state index in [1.165, 1.54) is 5.56 Å². The van der Waals surface area contributed by atoms with Crippen LogP contribution in [0.2, 0.25) is 0 Å². The van der Waals surface area contributed by atoms with Gasteiger partial charge in [0.2, 0.25) is 5.91 Å². The maximum atomic E-state index is 12.2. The second kappa shape index (κ2) is 6.73. The Hall–Kier alpha value is -2.49. The molecule has 120 valence electrons. The van der Waals surface area contributed by atoms with Crippen molar-refractivity contribution in [2.24, 2.45) is 0 Å². The number of benzene rings is 2. The molecule has 0 bridgehead atoms. The fourth-order valence-electron chi connectivity index (χ4n) is 2.68. The lowest BCUT2D eigenvalue weighted by Gasteiger charge is -2.20. The van der Waals surface area contributed by atoms with Crippen molar-refractivity contribution >= 4 is 5.91 Å². The molecule has 1 amide bonds. The van der Waals surface area contributed by atoms with Gasteiger partial charge in [0.15, 0.2) is 11.5 Å². The predicted molar refractivity (Wildman–Crippen MR) is 88.9 cm³/mol. The molecule has 4 heteroatoms. The average Bonchev–Trinajstić information content (AvgIpc) is 2.54. The van der Waals surface area contributed by atoms with Gasteiger partial charge in [-0.15, -0.1) is 0 Å². The van der Waals surface area contributed by atoms with E-state index in [0.29, 0.717) is 26.2 Å². The van der Waals surface area contributed by atoms with Crippen molar-refractivity contribution in [1.29, 1.82) is 0 Å². The highest BCUT2D eigenvalue weighted by atomic mass is 16.6. The summed E-state index contributed by atoms with van der Waals surface area (Å²) in [4.78, 5) is 12.2. The van der Waals surface area contributed by atoms with E-state index in [1.54, 1.807) is 0 Å². The van der Waals surface area contributed by atoms with Crippen LogP contribution in [0.4, 0.5) is 0 Å². The van der Waals surface area contributed by atoms with Gasteiger partial charge in [-0.25, -0.2) is 0 Å². The molecular weight excluding hydrogens is 290 g/mol. The molecule has 4 nitrogen and oxygen atoms in total. The summed E-state index contributed by atoms with van der Waals surface area (Å²) in [5.74, 6) is 1.49. The molecule has 1 aliphatic rings. The molecule has 2 aromatic rings. The van der Waals surface area contributed by atoms with Gasteiger partial charge >= 0.3 is 0 Å². The van der Waals surface area contributed by atoms with Crippen LogP contribution < -0.4 is 14.8 Å². The number of hydrogen-bond acceptors (Lipinski definition) is 3. The quantitative estimate of drug-likeness (QED) is 0.944. The summed E-state index contributed by atoms with van der Waals surface area (Å²) in [7, 11) is 0. The number of amides is 1.